The molecule has 18 heavy (non-hydrogen) atoms. The first-order valence-corrected chi connectivity index (χ1v) is 6.78. The van der Waals surface area contributed by atoms with Gasteiger partial charge in [0.25, 0.3) is 0 Å². The van der Waals surface area contributed by atoms with Crippen molar-refractivity contribution < 1.29 is 0 Å². The Morgan fingerprint density at radius 1 is 1.28 bits per heavy atom. The smallest absolute Gasteiger partial charge is 0.107 e. The van der Waals surface area contributed by atoms with Gasteiger partial charge in [0.15, 0.2) is 0 Å². The van der Waals surface area contributed by atoms with E-state index in [1.807, 2.05) is 12.5 Å². The summed E-state index contributed by atoms with van der Waals surface area (Å²) in [5.41, 5.74) is 3.42. The maximum absolute atomic E-state index is 4.48. The first-order chi connectivity index (χ1) is 8.78. The minimum atomic E-state index is 0.596. The van der Waals surface area contributed by atoms with E-state index < -0.39 is 0 Å². The quantitative estimate of drug-likeness (QED) is 0.812. The lowest BCUT2D eigenvalue weighted by molar-refractivity contribution is 0.223. The molecule has 1 saturated heterocycles. The van der Waals surface area contributed by atoms with Crippen molar-refractivity contribution in [3.63, 3.8) is 0 Å². The third-order valence-electron chi connectivity index (χ3n) is 3.96. The fourth-order valence-electron chi connectivity index (χ4n) is 2.73. The van der Waals surface area contributed by atoms with Gasteiger partial charge in [-0.3, -0.25) is 4.98 Å². The van der Waals surface area contributed by atoms with Crippen LogP contribution in [0.5, 0.6) is 0 Å². The highest BCUT2D eigenvalue weighted by Gasteiger charge is 2.19. The number of hydrogen-bond donors (Lipinski definition) is 0. The molecule has 0 radical (unpaired) electrons. The Balaban J connectivity index is 1.96. The van der Waals surface area contributed by atoms with Gasteiger partial charge >= 0.3 is 0 Å². The zero-order valence-corrected chi connectivity index (χ0v) is 11.1. The van der Waals surface area contributed by atoms with Gasteiger partial charge in [-0.2, -0.15) is 0 Å². The first-order valence-electron chi connectivity index (χ1n) is 6.78. The van der Waals surface area contributed by atoms with E-state index in [9.17, 15) is 0 Å². The highest BCUT2D eigenvalue weighted by atomic mass is 15.1. The Kier molecular flexibility index (Phi) is 3.04. The lowest BCUT2D eigenvalue weighted by Gasteiger charge is -2.30. The van der Waals surface area contributed by atoms with E-state index in [1.54, 1.807) is 0 Å². The van der Waals surface area contributed by atoms with Crippen molar-refractivity contribution in [2.45, 2.75) is 32.2 Å². The van der Waals surface area contributed by atoms with Crippen molar-refractivity contribution in [3.05, 3.63) is 24.3 Å². The van der Waals surface area contributed by atoms with Gasteiger partial charge in [-0.1, -0.05) is 6.92 Å². The SMILES string of the molecule is CCc1cc2c(cn1)ncn2C1CCN(C)CC1. The first kappa shape index (κ1) is 11.7. The van der Waals surface area contributed by atoms with Crippen molar-refractivity contribution in [1.29, 1.82) is 0 Å². The third-order valence-corrected chi connectivity index (χ3v) is 3.96. The molecule has 0 spiro atoms. The van der Waals surface area contributed by atoms with Gasteiger partial charge in [-0.15, -0.1) is 0 Å². The van der Waals surface area contributed by atoms with Gasteiger partial charge in [0, 0.05) is 11.7 Å². The van der Waals surface area contributed by atoms with Crippen molar-refractivity contribution in [2.75, 3.05) is 20.1 Å². The molecule has 1 aliphatic rings. The molecule has 0 bridgehead atoms. The van der Waals surface area contributed by atoms with Crippen molar-refractivity contribution in [2.24, 2.45) is 0 Å². The van der Waals surface area contributed by atoms with E-state index in [1.165, 1.54) is 31.4 Å². The number of fused-ring (bicyclic) bond motifs is 1. The Labute approximate surface area is 108 Å². The predicted molar refractivity (Wildman–Crippen MR) is 72.7 cm³/mol. The van der Waals surface area contributed by atoms with Gasteiger partial charge in [0.1, 0.15) is 5.52 Å². The molecule has 1 aliphatic heterocycles. The second-order valence-electron chi connectivity index (χ2n) is 5.20. The molecule has 0 amide bonds. The Bertz CT molecular complexity index is 538. The molecule has 1 fully saturated rings. The summed E-state index contributed by atoms with van der Waals surface area (Å²) in [7, 11) is 2.20. The zero-order chi connectivity index (χ0) is 12.5. The lowest BCUT2D eigenvalue weighted by atomic mass is 10.1. The summed E-state index contributed by atoms with van der Waals surface area (Å²) >= 11 is 0. The van der Waals surface area contributed by atoms with Crippen LogP contribution in [0.25, 0.3) is 11.0 Å². The maximum Gasteiger partial charge on any atom is 0.107 e. The van der Waals surface area contributed by atoms with Crippen LogP contribution in [0.3, 0.4) is 0 Å². The molecular formula is C14H20N4. The minimum Gasteiger partial charge on any atom is -0.327 e. The number of rotatable bonds is 2. The normalized spacial score (nSPS) is 18.6. The van der Waals surface area contributed by atoms with Crippen LogP contribution in [0.15, 0.2) is 18.6 Å². The molecule has 3 heterocycles. The summed E-state index contributed by atoms with van der Waals surface area (Å²) in [6.45, 7) is 4.50. The van der Waals surface area contributed by atoms with E-state index in [4.69, 9.17) is 0 Å². The average molecular weight is 244 g/mol. The van der Waals surface area contributed by atoms with Gasteiger partial charge < -0.3 is 9.47 Å². The largest absolute Gasteiger partial charge is 0.327 e. The van der Waals surface area contributed by atoms with Crippen LogP contribution in [0, 0.1) is 0 Å². The number of hydrogen-bond acceptors (Lipinski definition) is 3. The van der Waals surface area contributed by atoms with E-state index in [-0.39, 0.29) is 0 Å². The fourth-order valence-corrected chi connectivity index (χ4v) is 2.73. The van der Waals surface area contributed by atoms with Crippen LogP contribution < -0.4 is 0 Å². The van der Waals surface area contributed by atoms with Gasteiger partial charge in [0.05, 0.1) is 18.0 Å². The highest BCUT2D eigenvalue weighted by Crippen LogP contribution is 2.26. The summed E-state index contributed by atoms with van der Waals surface area (Å²) in [6.07, 6.45) is 7.30. The number of aromatic nitrogens is 3. The number of pyridine rings is 1. The molecule has 4 nitrogen and oxygen atoms in total. The molecule has 0 atom stereocenters. The minimum absolute atomic E-state index is 0.596. The molecule has 0 aromatic carbocycles. The van der Waals surface area contributed by atoms with E-state index in [0.717, 1.165) is 17.6 Å². The molecule has 2 aromatic heterocycles. The van der Waals surface area contributed by atoms with Gasteiger partial charge in [0.2, 0.25) is 0 Å². The average Bonchev–Trinajstić information content (AvgIpc) is 2.82. The zero-order valence-electron chi connectivity index (χ0n) is 11.1. The number of piperidine rings is 1. The Hall–Kier alpha value is -1.42. The highest BCUT2D eigenvalue weighted by molar-refractivity contribution is 5.74. The van der Waals surface area contributed by atoms with Gasteiger partial charge in [-0.05, 0) is 45.5 Å². The molecule has 0 N–H and O–H groups in total. The second-order valence-corrected chi connectivity index (χ2v) is 5.20. The standard InChI is InChI=1S/C14H20N4/c1-3-11-8-14-13(9-15-11)16-10-18(14)12-4-6-17(2)7-5-12/h8-10,12H,3-7H2,1-2H3. The number of aryl methyl sites for hydroxylation is 1. The summed E-state index contributed by atoms with van der Waals surface area (Å²) < 4.78 is 2.35. The molecule has 2 aromatic rings. The molecule has 96 valence electrons. The van der Waals surface area contributed by atoms with Crippen LogP contribution in [0.4, 0.5) is 0 Å². The molecule has 0 aliphatic carbocycles. The van der Waals surface area contributed by atoms with Crippen LogP contribution in [0.1, 0.15) is 31.5 Å². The molecule has 4 heteroatoms. The van der Waals surface area contributed by atoms with Gasteiger partial charge in [-0.25, -0.2) is 4.98 Å². The van der Waals surface area contributed by atoms with E-state index >= 15 is 0 Å². The number of imidazole rings is 1. The summed E-state index contributed by atoms with van der Waals surface area (Å²) in [5.74, 6) is 0. The van der Waals surface area contributed by atoms with Crippen molar-refractivity contribution in [3.8, 4) is 0 Å². The monoisotopic (exact) mass is 244 g/mol. The lowest BCUT2D eigenvalue weighted by Crippen LogP contribution is -2.31. The van der Waals surface area contributed by atoms with Crippen LogP contribution in [-0.2, 0) is 6.42 Å². The maximum atomic E-state index is 4.48. The molecule has 3 rings (SSSR count). The summed E-state index contributed by atoms with van der Waals surface area (Å²) in [4.78, 5) is 11.3. The van der Waals surface area contributed by atoms with E-state index in [2.05, 4.69) is 39.5 Å². The molecule has 0 unspecified atom stereocenters. The van der Waals surface area contributed by atoms with Crippen LogP contribution in [-0.4, -0.2) is 39.6 Å². The molecule has 0 saturated carbocycles. The third kappa shape index (κ3) is 2.01. The predicted octanol–water partition coefficient (Wildman–Crippen LogP) is 2.26. The second kappa shape index (κ2) is 4.69. The fraction of sp³-hybridized carbons (Fsp3) is 0.571. The summed E-state index contributed by atoms with van der Waals surface area (Å²) in [6, 6.07) is 2.79. The van der Waals surface area contributed by atoms with Crippen molar-refractivity contribution in [1.82, 2.24) is 19.4 Å². The summed E-state index contributed by atoms with van der Waals surface area (Å²) in [5, 5.41) is 0. The van der Waals surface area contributed by atoms with Crippen LogP contribution >= 0.6 is 0 Å². The Morgan fingerprint density at radius 3 is 2.78 bits per heavy atom. The number of nitrogens with zero attached hydrogens (tertiary/aromatic N) is 4. The topological polar surface area (TPSA) is 34.0 Å². The Morgan fingerprint density at radius 2 is 2.06 bits per heavy atom. The van der Waals surface area contributed by atoms with Crippen molar-refractivity contribution >= 4 is 11.0 Å². The van der Waals surface area contributed by atoms with Crippen LogP contribution in [0.2, 0.25) is 0 Å². The number of likely N-dealkylation sites (tertiary alicyclic amines) is 1. The molecular weight excluding hydrogens is 224 g/mol. The van der Waals surface area contributed by atoms with E-state index in [0.29, 0.717) is 6.04 Å².